The number of aromatic nitrogens is 2. The molecular formula is C21H27N5O5S. The Balaban J connectivity index is 1.47. The quantitative estimate of drug-likeness (QED) is 0.481. The SMILES string of the molecule is Cc1cnc(C(=O)NCCc2ccc(S(=O)(=O)NC(=O)NC3CCC(O)CC3)cc2)cn1. The summed E-state index contributed by atoms with van der Waals surface area (Å²) in [5.74, 6) is -0.334. The monoisotopic (exact) mass is 461 g/mol. The van der Waals surface area contributed by atoms with Crippen LogP contribution in [0.4, 0.5) is 4.79 Å². The third-order valence-corrected chi connectivity index (χ3v) is 6.55. The third kappa shape index (κ3) is 6.72. The Morgan fingerprint density at radius 1 is 1.06 bits per heavy atom. The number of hydrogen-bond donors (Lipinski definition) is 4. The van der Waals surface area contributed by atoms with Gasteiger partial charge in [-0.2, -0.15) is 0 Å². The van der Waals surface area contributed by atoms with E-state index in [1.165, 1.54) is 24.5 Å². The Morgan fingerprint density at radius 2 is 1.75 bits per heavy atom. The zero-order valence-electron chi connectivity index (χ0n) is 17.7. The van der Waals surface area contributed by atoms with E-state index in [-0.39, 0.29) is 28.6 Å². The summed E-state index contributed by atoms with van der Waals surface area (Å²) in [4.78, 5) is 32.1. The molecule has 0 atom stereocenters. The Hall–Kier alpha value is -3.05. The average Bonchev–Trinajstić information content (AvgIpc) is 2.76. The van der Waals surface area contributed by atoms with Crippen molar-refractivity contribution in [1.82, 2.24) is 25.3 Å². The van der Waals surface area contributed by atoms with Crippen LogP contribution in [0.1, 0.15) is 47.4 Å². The van der Waals surface area contributed by atoms with E-state index in [4.69, 9.17) is 0 Å². The lowest BCUT2D eigenvalue weighted by Gasteiger charge is -2.26. The van der Waals surface area contributed by atoms with Crippen molar-refractivity contribution >= 4 is 22.0 Å². The van der Waals surface area contributed by atoms with Crippen LogP contribution in [0.3, 0.4) is 0 Å². The van der Waals surface area contributed by atoms with E-state index in [9.17, 15) is 23.1 Å². The number of aliphatic hydroxyl groups excluding tert-OH is 1. The van der Waals surface area contributed by atoms with Crippen molar-refractivity contribution in [2.24, 2.45) is 0 Å². The minimum Gasteiger partial charge on any atom is -0.393 e. The van der Waals surface area contributed by atoms with Crippen molar-refractivity contribution < 1.29 is 23.1 Å². The predicted octanol–water partition coefficient (Wildman–Crippen LogP) is 1.05. The van der Waals surface area contributed by atoms with Gasteiger partial charge in [-0.3, -0.25) is 9.78 Å². The van der Waals surface area contributed by atoms with Crippen LogP contribution >= 0.6 is 0 Å². The lowest BCUT2D eigenvalue weighted by Crippen LogP contribution is -2.46. The van der Waals surface area contributed by atoms with Crippen LogP contribution in [0.2, 0.25) is 0 Å². The standard InChI is InChI=1S/C21H27N5O5S/c1-14-12-24-19(13-23-14)20(28)22-11-10-15-2-8-18(9-3-15)32(30,31)26-21(29)25-16-4-6-17(27)7-5-16/h2-3,8-9,12-13,16-17,27H,4-7,10-11H2,1H3,(H,22,28)(H2,25,26,29). The number of amides is 3. The van der Waals surface area contributed by atoms with Gasteiger partial charge < -0.3 is 15.7 Å². The molecule has 0 unspecified atom stereocenters. The molecule has 172 valence electrons. The molecule has 10 nitrogen and oxygen atoms in total. The molecule has 4 N–H and O–H groups in total. The fourth-order valence-electron chi connectivity index (χ4n) is 3.37. The molecule has 1 aliphatic rings. The highest BCUT2D eigenvalue weighted by atomic mass is 32.2. The number of nitrogens with one attached hydrogen (secondary N) is 3. The number of benzene rings is 1. The molecule has 1 aromatic carbocycles. The number of urea groups is 1. The molecule has 1 aliphatic carbocycles. The molecule has 0 aliphatic heterocycles. The maximum atomic E-state index is 12.4. The summed E-state index contributed by atoms with van der Waals surface area (Å²) in [6.07, 6.45) is 5.44. The van der Waals surface area contributed by atoms with Crippen LogP contribution in [-0.4, -0.2) is 54.1 Å². The van der Waals surface area contributed by atoms with E-state index < -0.39 is 16.1 Å². The molecule has 0 radical (unpaired) electrons. The Kier molecular flexibility index (Phi) is 7.75. The minimum atomic E-state index is -4.01. The number of aryl methyl sites for hydroxylation is 1. The van der Waals surface area contributed by atoms with Gasteiger partial charge in [0.2, 0.25) is 0 Å². The van der Waals surface area contributed by atoms with Crippen molar-refractivity contribution in [3.8, 4) is 0 Å². The van der Waals surface area contributed by atoms with E-state index in [0.717, 1.165) is 11.3 Å². The third-order valence-electron chi connectivity index (χ3n) is 5.21. The molecule has 3 rings (SSSR count). The second-order valence-corrected chi connectivity index (χ2v) is 9.46. The number of carbonyl (C=O) groups is 2. The number of rotatable bonds is 7. The van der Waals surface area contributed by atoms with Gasteiger partial charge in [-0.05, 0) is 56.7 Å². The molecule has 1 fully saturated rings. The number of hydrogen-bond acceptors (Lipinski definition) is 7. The average molecular weight is 462 g/mol. The Morgan fingerprint density at radius 3 is 2.38 bits per heavy atom. The zero-order chi connectivity index (χ0) is 23.1. The lowest BCUT2D eigenvalue weighted by atomic mass is 9.93. The van der Waals surface area contributed by atoms with Crippen LogP contribution in [0.5, 0.6) is 0 Å². The lowest BCUT2D eigenvalue weighted by molar-refractivity contribution is 0.0948. The van der Waals surface area contributed by atoms with Crippen molar-refractivity contribution in [2.75, 3.05) is 6.54 Å². The van der Waals surface area contributed by atoms with Gasteiger partial charge in [0.25, 0.3) is 15.9 Å². The van der Waals surface area contributed by atoms with E-state index >= 15 is 0 Å². The minimum absolute atomic E-state index is 0.0329. The summed E-state index contributed by atoms with van der Waals surface area (Å²) >= 11 is 0. The zero-order valence-corrected chi connectivity index (χ0v) is 18.6. The van der Waals surface area contributed by atoms with Crippen molar-refractivity contribution in [3.05, 3.63) is 53.6 Å². The molecule has 1 aromatic heterocycles. The molecule has 32 heavy (non-hydrogen) atoms. The van der Waals surface area contributed by atoms with E-state index in [1.807, 2.05) is 4.72 Å². The fourth-order valence-corrected chi connectivity index (χ4v) is 4.29. The fraction of sp³-hybridized carbons (Fsp3) is 0.429. The molecule has 2 aromatic rings. The smallest absolute Gasteiger partial charge is 0.328 e. The van der Waals surface area contributed by atoms with Crippen LogP contribution in [-0.2, 0) is 16.4 Å². The normalized spacial score (nSPS) is 18.6. The van der Waals surface area contributed by atoms with Crippen LogP contribution in [0.15, 0.2) is 41.6 Å². The highest BCUT2D eigenvalue weighted by molar-refractivity contribution is 7.90. The van der Waals surface area contributed by atoms with Gasteiger partial charge in [0.15, 0.2) is 0 Å². The predicted molar refractivity (Wildman–Crippen MR) is 116 cm³/mol. The van der Waals surface area contributed by atoms with Crippen LogP contribution < -0.4 is 15.4 Å². The number of nitrogens with zero attached hydrogens (tertiary/aromatic N) is 2. The maximum Gasteiger partial charge on any atom is 0.328 e. The summed E-state index contributed by atoms with van der Waals surface area (Å²) in [5, 5.41) is 14.9. The molecule has 11 heteroatoms. The van der Waals surface area contributed by atoms with Crippen LogP contribution in [0, 0.1) is 6.92 Å². The first kappa shape index (κ1) is 23.6. The van der Waals surface area contributed by atoms with E-state index in [2.05, 4.69) is 20.6 Å². The summed E-state index contributed by atoms with van der Waals surface area (Å²) in [5.41, 5.74) is 1.77. The molecular weight excluding hydrogens is 434 g/mol. The van der Waals surface area contributed by atoms with Gasteiger partial charge >= 0.3 is 6.03 Å². The largest absolute Gasteiger partial charge is 0.393 e. The first-order valence-corrected chi connectivity index (χ1v) is 11.9. The molecule has 1 saturated carbocycles. The van der Waals surface area contributed by atoms with Gasteiger partial charge in [0.05, 0.1) is 22.9 Å². The van der Waals surface area contributed by atoms with Gasteiger partial charge in [-0.1, -0.05) is 12.1 Å². The topological polar surface area (TPSA) is 150 Å². The first-order chi connectivity index (χ1) is 15.2. The van der Waals surface area contributed by atoms with Gasteiger partial charge in [-0.15, -0.1) is 0 Å². The number of aliphatic hydroxyl groups is 1. The number of sulfonamides is 1. The Labute approximate surface area is 186 Å². The Bertz CT molecular complexity index is 1030. The summed E-state index contributed by atoms with van der Waals surface area (Å²) in [6.45, 7) is 2.13. The number of carbonyl (C=O) groups excluding carboxylic acids is 2. The maximum absolute atomic E-state index is 12.4. The van der Waals surface area contributed by atoms with Gasteiger partial charge in [-0.25, -0.2) is 22.9 Å². The van der Waals surface area contributed by atoms with Crippen molar-refractivity contribution in [1.29, 1.82) is 0 Å². The van der Waals surface area contributed by atoms with Gasteiger partial charge in [0.1, 0.15) is 5.69 Å². The van der Waals surface area contributed by atoms with Crippen molar-refractivity contribution in [3.63, 3.8) is 0 Å². The molecule has 0 saturated heterocycles. The summed E-state index contributed by atoms with van der Waals surface area (Å²) in [6, 6.07) is 5.15. The molecule has 0 spiro atoms. The van der Waals surface area contributed by atoms with E-state index in [1.54, 1.807) is 19.1 Å². The van der Waals surface area contributed by atoms with E-state index in [0.29, 0.717) is 38.6 Å². The second kappa shape index (κ2) is 10.5. The highest BCUT2D eigenvalue weighted by Gasteiger charge is 2.23. The summed E-state index contributed by atoms with van der Waals surface area (Å²) in [7, 11) is -4.01. The molecule has 3 amide bonds. The molecule has 1 heterocycles. The van der Waals surface area contributed by atoms with Gasteiger partial charge in [0, 0.05) is 18.8 Å². The van der Waals surface area contributed by atoms with Crippen LogP contribution in [0.25, 0.3) is 0 Å². The first-order valence-electron chi connectivity index (χ1n) is 10.4. The molecule has 0 bridgehead atoms. The second-order valence-electron chi connectivity index (χ2n) is 7.78. The highest BCUT2D eigenvalue weighted by Crippen LogP contribution is 2.18. The summed E-state index contributed by atoms with van der Waals surface area (Å²) < 4.78 is 26.9. The van der Waals surface area contributed by atoms with Crippen molar-refractivity contribution in [2.45, 2.75) is 56.1 Å².